The van der Waals surface area contributed by atoms with Crippen LogP contribution < -0.4 is 10.6 Å². The standard InChI is InChI=1S/C23H20FN5O2S/c1-14(2)22(30)25-16-7-9-17(10-8-16)26-23(31)20-27-21(19-4-3-13-32-19)29(28-20)18-11-5-15(24)6-12-18/h3-14H,1-2H3,(H,25,30)(H,26,31). The fraction of sp³-hybridized carbons (Fsp3) is 0.130. The summed E-state index contributed by atoms with van der Waals surface area (Å²) in [6.45, 7) is 3.62. The largest absolute Gasteiger partial charge is 0.326 e. The number of carbonyl (C=O) groups is 2. The maximum absolute atomic E-state index is 13.4. The van der Waals surface area contributed by atoms with E-state index in [1.807, 2.05) is 31.4 Å². The zero-order chi connectivity index (χ0) is 22.7. The van der Waals surface area contributed by atoms with Crippen LogP contribution >= 0.6 is 11.3 Å². The average Bonchev–Trinajstić information content (AvgIpc) is 3.45. The minimum Gasteiger partial charge on any atom is -0.326 e. The number of hydrogen-bond donors (Lipinski definition) is 2. The van der Waals surface area contributed by atoms with Crippen molar-refractivity contribution in [2.24, 2.45) is 5.92 Å². The van der Waals surface area contributed by atoms with Gasteiger partial charge in [-0.2, -0.15) is 0 Å². The summed E-state index contributed by atoms with van der Waals surface area (Å²) >= 11 is 1.46. The number of thiophene rings is 1. The molecule has 0 fully saturated rings. The lowest BCUT2D eigenvalue weighted by Gasteiger charge is -2.08. The molecule has 2 heterocycles. The molecule has 32 heavy (non-hydrogen) atoms. The number of nitrogens with zero attached hydrogens (tertiary/aromatic N) is 3. The number of benzene rings is 2. The first-order chi connectivity index (χ1) is 15.4. The van der Waals surface area contributed by atoms with Gasteiger partial charge >= 0.3 is 0 Å². The van der Waals surface area contributed by atoms with E-state index in [9.17, 15) is 14.0 Å². The van der Waals surface area contributed by atoms with Gasteiger partial charge in [0, 0.05) is 17.3 Å². The molecule has 0 aliphatic rings. The van der Waals surface area contributed by atoms with Crippen LogP contribution in [0, 0.1) is 11.7 Å². The predicted molar refractivity (Wildman–Crippen MR) is 122 cm³/mol. The molecule has 7 nitrogen and oxygen atoms in total. The van der Waals surface area contributed by atoms with Crippen molar-refractivity contribution in [3.8, 4) is 16.4 Å². The van der Waals surface area contributed by atoms with E-state index in [1.165, 1.54) is 28.2 Å². The summed E-state index contributed by atoms with van der Waals surface area (Å²) in [7, 11) is 0. The topological polar surface area (TPSA) is 88.9 Å². The molecular formula is C23H20FN5O2S. The fourth-order valence-electron chi connectivity index (χ4n) is 2.85. The fourth-order valence-corrected chi connectivity index (χ4v) is 3.54. The van der Waals surface area contributed by atoms with E-state index < -0.39 is 5.91 Å². The first-order valence-corrected chi connectivity index (χ1v) is 10.8. The third-order valence-corrected chi connectivity index (χ3v) is 5.42. The second-order valence-corrected chi connectivity index (χ2v) is 8.25. The van der Waals surface area contributed by atoms with Crippen molar-refractivity contribution < 1.29 is 14.0 Å². The predicted octanol–water partition coefficient (Wildman–Crippen LogP) is 4.98. The van der Waals surface area contributed by atoms with E-state index in [4.69, 9.17) is 0 Å². The van der Waals surface area contributed by atoms with E-state index in [1.54, 1.807) is 36.4 Å². The third-order valence-electron chi connectivity index (χ3n) is 4.56. The summed E-state index contributed by atoms with van der Waals surface area (Å²) in [5, 5.41) is 11.8. The second-order valence-electron chi connectivity index (χ2n) is 7.30. The van der Waals surface area contributed by atoms with E-state index >= 15 is 0 Å². The Balaban J connectivity index is 1.57. The Bertz CT molecular complexity index is 1230. The molecule has 0 saturated carbocycles. The van der Waals surface area contributed by atoms with Crippen molar-refractivity contribution in [2.75, 3.05) is 10.6 Å². The van der Waals surface area contributed by atoms with Gasteiger partial charge in [0.2, 0.25) is 11.7 Å². The van der Waals surface area contributed by atoms with Gasteiger partial charge in [-0.3, -0.25) is 9.59 Å². The Hall–Kier alpha value is -3.85. The summed E-state index contributed by atoms with van der Waals surface area (Å²) in [5.41, 5.74) is 1.76. The minimum absolute atomic E-state index is 0.0186. The van der Waals surface area contributed by atoms with Crippen molar-refractivity contribution in [3.05, 3.63) is 77.7 Å². The average molecular weight is 450 g/mol. The Kier molecular flexibility index (Phi) is 6.09. The number of aromatic nitrogens is 3. The van der Waals surface area contributed by atoms with Crippen LogP contribution in [0.3, 0.4) is 0 Å². The van der Waals surface area contributed by atoms with Gasteiger partial charge in [-0.1, -0.05) is 19.9 Å². The van der Waals surface area contributed by atoms with E-state index in [0.717, 1.165) is 4.88 Å². The lowest BCUT2D eigenvalue weighted by molar-refractivity contribution is -0.118. The van der Waals surface area contributed by atoms with Crippen LogP contribution in [-0.2, 0) is 4.79 Å². The molecule has 0 bridgehead atoms. The number of amides is 2. The van der Waals surface area contributed by atoms with Crippen molar-refractivity contribution in [3.63, 3.8) is 0 Å². The highest BCUT2D eigenvalue weighted by molar-refractivity contribution is 7.13. The maximum Gasteiger partial charge on any atom is 0.295 e. The summed E-state index contributed by atoms with van der Waals surface area (Å²) in [6, 6.07) is 16.3. The highest BCUT2D eigenvalue weighted by atomic mass is 32.1. The molecule has 0 atom stereocenters. The van der Waals surface area contributed by atoms with Crippen LogP contribution in [0.4, 0.5) is 15.8 Å². The van der Waals surface area contributed by atoms with Crippen molar-refractivity contribution in [2.45, 2.75) is 13.8 Å². The number of rotatable bonds is 6. The monoisotopic (exact) mass is 449 g/mol. The van der Waals surface area contributed by atoms with Crippen LogP contribution in [0.25, 0.3) is 16.4 Å². The lowest BCUT2D eigenvalue weighted by atomic mass is 10.2. The molecule has 162 valence electrons. The van der Waals surface area contributed by atoms with Gasteiger partial charge in [0.15, 0.2) is 5.82 Å². The van der Waals surface area contributed by atoms with Crippen LogP contribution in [0.1, 0.15) is 24.5 Å². The maximum atomic E-state index is 13.4. The zero-order valence-electron chi connectivity index (χ0n) is 17.4. The molecular weight excluding hydrogens is 429 g/mol. The van der Waals surface area contributed by atoms with Crippen molar-refractivity contribution in [1.82, 2.24) is 14.8 Å². The molecule has 2 aromatic heterocycles. The normalized spacial score (nSPS) is 10.9. The zero-order valence-corrected chi connectivity index (χ0v) is 18.2. The Morgan fingerprint density at radius 1 is 0.969 bits per heavy atom. The smallest absolute Gasteiger partial charge is 0.295 e. The van der Waals surface area contributed by atoms with Crippen LogP contribution in [0.15, 0.2) is 66.0 Å². The molecule has 0 aliphatic carbocycles. The minimum atomic E-state index is -0.484. The van der Waals surface area contributed by atoms with Gasteiger partial charge in [-0.05, 0) is 60.0 Å². The van der Waals surface area contributed by atoms with Gasteiger partial charge in [0.1, 0.15) is 5.82 Å². The Morgan fingerprint density at radius 3 is 2.22 bits per heavy atom. The summed E-state index contributed by atoms with van der Waals surface area (Å²) in [4.78, 5) is 29.9. The Morgan fingerprint density at radius 2 is 1.62 bits per heavy atom. The summed E-state index contributed by atoms with van der Waals surface area (Å²) in [5.74, 6) is -0.591. The van der Waals surface area contributed by atoms with E-state index in [2.05, 4.69) is 20.7 Å². The lowest BCUT2D eigenvalue weighted by Crippen LogP contribution is -2.18. The number of nitrogens with one attached hydrogen (secondary N) is 2. The highest BCUT2D eigenvalue weighted by Gasteiger charge is 2.19. The van der Waals surface area contributed by atoms with Gasteiger partial charge < -0.3 is 10.6 Å². The molecule has 2 N–H and O–H groups in total. The molecule has 0 saturated heterocycles. The van der Waals surface area contributed by atoms with Crippen LogP contribution in [0.2, 0.25) is 0 Å². The third kappa shape index (κ3) is 4.73. The molecule has 2 amide bonds. The Labute approximate surface area is 187 Å². The first-order valence-electron chi connectivity index (χ1n) is 9.90. The molecule has 0 radical (unpaired) electrons. The van der Waals surface area contributed by atoms with E-state index in [0.29, 0.717) is 22.9 Å². The summed E-state index contributed by atoms with van der Waals surface area (Å²) < 4.78 is 14.9. The quantitative estimate of drug-likeness (QED) is 0.434. The molecule has 4 aromatic rings. The molecule has 0 unspecified atom stereocenters. The number of carbonyl (C=O) groups excluding carboxylic acids is 2. The van der Waals surface area contributed by atoms with Gasteiger partial charge in [-0.15, -0.1) is 16.4 Å². The molecule has 4 rings (SSSR count). The number of anilines is 2. The molecule has 2 aromatic carbocycles. The molecule has 9 heteroatoms. The highest BCUT2D eigenvalue weighted by Crippen LogP contribution is 2.26. The summed E-state index contributed by atoms with van der Waals surface area (Å²) in [6.07, 6.45) is 0. The van der Waals surface area contributed by atoms with Gasteiger partial charge in [0.05, 0.1) is 10.6 Å². The van der Waals surface area contributed by atoms with Gasteiger partial charge in [-0.25, -0.2) is 14.1 Å². The SMILES string of the molecule is CC(C)C(=O)Nc1ccc(NC(=O)c2nc(-c3cccs3)n(-c3ccc(F)cc3)n2)cc1. The number of hydrogen-bond acceptors (Lipinski definition) is 5. The first kappa shape index (κ1) is 21.4. The van der Waals surface area contributed by atoms with Crippen LogP contribution in [0.5, 0.6) is 0 Å². The number of halogens is 1. The molecule has 0 spiro atoms. The van der Waals surface area contributed by atoms with Crippen LogP contribution in [-0.4, -0.2) is 26.6 Å². The van der Waals surface area contributed by atoms with Crippen molar-refractivity contribution in [1.29, 1.82) is 0 Å². The van der Waals surface area contributed by atoms with E-state index in [-0.39, 0.29) is 23.5 Å². The van der Waals surface area contributed by atoms with Crippen molar-refractivity contribution >= 4 is 34.5 Å². The second kappa shape index (κ2) is 9.11. The van der Waals surface area contributed by atoms with Gasteiger partial charge in [0.25, 0.3) is 5.91 Å². The molecule has 0 aliphatic heterocycles.